The number of carbonyl (C=O) groups is 1. The van der Waals surface area contributed by atoms with Gasteiger partial charge < -0.3 is 10.2 Å². The van der Waals surface area contributed by atoms with Crippen LogP contribution in [-0.2, 0) is 11.3 Å². The molecule has 0 radical (unpaired) electrons. The Morgan fingerprint density at radius 2 is 2.11 bits per heavy atom. The van der Waals surface area contributed by atoms with Crippen LogP contribution in [0.25, 0.3) is 10.2 Å². The molecule has 0 aliphatic carbocycles. The van der Waals surface area contributed by atoms with Gasteiger partial charge in [0.2, 0.25) is 5.91 Å². The predicted molar refractivity (Wildman–Crippen MR) is 112 cm³/mol. The molecule has 1 aromatic carbocycles. The molecule has 1 amide bonds. The number of hydrogen-bond acceptors (Lipinski definition) is 6. The number of rotatable bonds is 4. The Labute approximate surface area is 165 Å². The molecule has 4 rings (SSSR count). The molecule has 0 spiro atoms. The highest BCUT2D eigenvalue weighted by atomic mass is 32.1. The van der Waals surface area contributed by atoms with Crippen molar-refractivity contribution >= 4 is 43.9 Å². The molecule has 3 aromatic rings. The number of thiophene rings is 1. The van der Waals surface area contributed by atoms with E-state index in [0.717, 1.165) is 35.6 Å². The maximum atomic E-state index is 12.6. The van der Waals surface area contributed by atoms with Gasteiger partial charge in [-0.1, -0.05) is 41.2 Å². The van der Waals surface area contributed by atoms with Crippen molar-refractivity contribution in [2.75, 3.05) is 18.0 Å². The summed E-state index contributed by atoms with van der Waals surface area (Å²) in [5.74, 6) is -0.00398. The summed E-state index contributed by atoms with van der Waals surface area (Å²) in [6, 6.07) is 10.1. The summed E-state index contributed by atoms with van der Waals surface area (Å²) in [6.45, 7) is 4.04. The molecular formula is C20H21N3O2S2. The Kier molecular flexibility index (Phi) is 5.22. The van der Waals surface area contributed by atoms with Crippen molar-refractivity contribution in [2.45, 2.75) is 26.3 Å². The number of carbonyl (C=O) groups excluding carboxylic acids is 1. The number of nitrogens with zero attached hydrogens (tertiary/aromatic N) is 2. The van der Waals surface area contributed by atoms with E-state index < -0.39 is 0 Å². The number of piperidine rings is 1. The molecule has 1 fully saturated rings. The topological polar surface area (TPSA) is 62.3 Å². The minimum atomic E-state index is -0.0773. The van der Waals surface area contributed by atoms with Gasteiger partial charge in [0.05, 0.1) is 11.4 Å². The van der Waals surface area contributed by atoms with Gasteiger partial charge in [0.1, 0.15) is 4.70 Å². The first-order valence-electron chi connectivity index (χ1n) is 9.07. The van der Waals surface area contributed by atoms with Crippen LogP contribution in [-0.4, -0.2) is 24.0 Å². The number of anilines is 1. The van der Waals surface area contributed by atoms with Gasteiger partial charge in [-0.15, -0.1) is 11.3 Å². The fraction of sp³-hybridized carbons (Fsp3) is 0.350. The van der Waals surface area contributed by atoms with E-state index in [1.165, 1.54) is 28.2 Å². The van der Waals surface area contributed by atoms with Crippen LogP contribution in [0, 0.1) is 12.8 Å². The largest absolute Gasteiger partial charge is 0.352 e. The van der Waals surface area contributed by atoms with Crippen LogP contribution in [0.1, 0.15) is 24.0 Å². The number of benzene rings is 1. The van der Waals surface area contributed by atoms with Crippen LogP contribution >= 0.6 is 22.7 Å². The van der Waals surface area contributed by atoms with Crippen molar-refractivity contribution in [3.05, 3.63) is 56.4 Å². The zero-order valence-electron chi connectivity index (χ0n) is 15.1. The summed E-state index contributed by atoms with van der Waals surface area (Å²) in [6.07, 6.45) is 1.79. The molecule has 27 heavy (non-hydrogen) atoms. The van der Waals surface area contributed by atoms with Crippen molar-refractivity contribution in [1.82, 2.24) is 10.3 Å². The fourth-order valence-corrected chi connectivity index (χ4v) is 5.07. The van der Waals surface area contributed by atoms with Crippen LogP contribution in [0.4, 0.5) is 5.13 Å². The Morgan fingerprint density at radius 1 is 1.30 bits per heavy atom. The van der Waals surface area contributed by atoms with Gasteiger partial charge in [-0.05, 0) is 36.8 Å². The van der Waals surface area contributed by atoms with Crippen LogP contribution in [0.2, 0.25) is 0 Å². The number of nitrogens with one attached hydrogen (secondary N) is 1. The van der Waals surface area contributed by atoms with Crippen molar-refractivity contribution in [3.8, 4) is 0 Å². The van der Waals surface area contributed by atoms with Gasteiger partial charge in [-0.2, -0.15) is 0 Å². The zero-order valence-corrected chi connectivity index (χ0v) is 16.7. The van der Waals surface area contributed by atoms with Gasteiger partial charge in [0, 0.05) is 19.6 Å². The van der Waals surface area contributed by atoms with E-state index in [1.807, 2.05) is 23.6 Å². The third-order valence-electron chi connectivity index (χ3n) is 4.88. The first-order chi connectivity index (χ1) is 13.1. The van der Waals surface area contributed by atoms with Crippen LogP contribution in [0.15, 0.2) is 40.5 Å². The average molecular weight is 400 g/mol. The molecular weight excluding hydrogens is 378 g/mol. The van der Waals surface area contributed by atoms with Crippen molar-refractivity contribution in [2.24, 2.45) is 5.92 Å². The third kappa shape index (κ3) is 4.04. The van der Waals surface area contributed by atoms with Crippen molar-refractivity contribution in [3.63, 3.8) is 0 Å². The van der Waals surface area contributed by atoms with E-state index >= 15 is 0 Å². The summed E-state index contributed by atoms with van der Waals surface area (Å²) >= 11 is 2.61. The van der Waals surface area contributed by atoms with Gasteiger partial charge in [-0.3, -0.25) is 9.59 Å². The molecule has 1 atom stereocenters. The van der Waals surface area contributed by atoms with E-state index in [4.69, 9.17) is 0 Å². The molecule has 1 aliphatic rings. The van der Waals surface area contributed by atoms with Crippen molar-refractivity contribution < 1.29 is 4.79 Å². The molecule has 1 N–H and O–H groups in total. The van der Waals surface area contributed by atoms with Crippen molar-refractivity contribution in [1.29, 1.82) is 0 Å². The lowest BCUT2D eigenvalue weighted by Gasteiger charge is -2.32. The van der Waals surface area contributed by atoms with Gasteiger partial charge >= 0.3 is 0 Å². The van der Waals surface area contributed by atoms with E-state index in [0.29, 0.717) is 17.8 Å². The average Bonchev–Trinajstić information content (AvgIpc) is 3.17. The fourth-order valence-electron chi connectivity index (χ4n) is 3.34. The second-order valence-corrected chi connectivity index (χ2v) is 8.76. The summed E-state index contributed by atoms with van der Waals surface area (Å²) in [4.78, 5) is 31.6. The highest BCUT2D eigenvalue weighted by Gasteiger charge is 2.27. The van der Waals surface area contributed by atoms with E-state index in [9.17, 15) is 9.59 Å². The molecule has 0 saturated carbocycles. The number of aryl methyl sites for hydroxylation is 1. The van der Waals surface area contributed by atoms with Crippen LogP contribution in [0.5, 0.6) is 0 Å². The summed E-state index contributed by atoms with van der Waals surface area (Å²) in [7, 11) is 0. The monoisotopic (exact) mass is 399 g/mol. The van der Waals surface area contributed by atoms with Crippen LogP contribution in [0.3, 0.4) is 0 Å². The van der Waals surface area contributed by atoms with E-state index in [-0.39, 0.29) is 16.6 Å². The molecule has 0 unspecified atom stereocenters. The number of aromatic nitrogens is 1. The van der Waals surface area contributed by atoms with Gasteiger partial charge in [-0.25, -0.2) is 4.98 Å². The molecule has 0 bridgehead atoms. The second-order valence-electron chi connectivity index (χ2n) is 6.91. The lowest BCUT2D eigenvalue weighted by molar-refractivity contribution is -0.125. The lowest BCUT2D eigenvalue weighted by atomic mass is 9.97. The molecule has 7 heteroatoms. The molecule has 3 heterocycles. The number of hydrogen-bond donors (Lipinski definition) is 1. The summed E-state index contributed by atoms with van der Waals surface area (Å²) in [5.41, 5.74) is 3.07. The smallest absolute Gasteiger partial charge is 0.255 e. The normalized spacial score (nSPS) is 17.2. The summed E-state index contributed by atoms with van der Waals surface area (Å²) in [5, 5.41) is 5.67. The Morgan fingerprint density at radius 3 is 2.93 bits per heavy atom. The molecule has 1 aliphatic heterocycles. The lowest BCUT2D eigenvalue weighted by Crippen LogP contribution is -2.43. The third-order valence-corrected chi connectivity index (χ3v) is 6.83. The Bertz CT molecular complexity index is 1010. The highest BCUT2D eigenvalue weighted by Crippen LogP contribution is 2.26. The van der Waals surface area contributed by atoms with Gasteiger partial charge in [0.25, 0.3) is 4.74 Å². The van der Waals surface area contributed by atoms with Gasteiger partial charge in [0.15, 0.2) is 5.13 Å². The minimum absolute atomic E-state index is 0.0518. The maximum absolute atomic E-state index is 12.6. The number of fused-ring (bicyclic) bond motifs is 1. The predicted octanol–water partition coefficient (Wildman–Crippen LogP) is 3.56. The maximum Gasteiger partial charge on any atom is 0.255 e. The zero-order chi connectivity index (χ0) is 18.8. The molecule has 5 nitrogen and oxygen atoms in total. The minimum Gasteiger partial charge on any atom is -0.352 e. The second kappa shape index (κ2) is 7.78. The highest BCUT2D eigenvalue weighted by molar-refractivity contribution is 7.21. The van der Waals surface area contributed by atoms with E-state index in [2.05, 4.69) is 34.3 Å². The number of amides is 1. The standard InChI is InChI=1S/C20H21N3O2S2/c1-13-4-6-14(7-5-13)11-21-18(24)15-3-2-9-23(12-15)20-22-16-8-10-26-17(16)19(25)27-20/h4-8,10,15H,2-3,9,11-12H2,1H3,(H,21,24)/t15-/m1/s1. The Balaban J connectivity index is 1.43. The molecule has 1 saturated heterocycles. The van der Waals surface area contributed by atoms with E-state index in [1.54, 1.807) is 0 Å². The quantitative estimate of drug-likeness (QED) is 0.729. The molecule has 2 aromatic heterocycles. The first-order valence-corrected chi connectivity index (χ1v) is 10.8. The van der Waals surface area contributed by atoms with Crippen LogP contribution < -0.4 is 15.0 Å². The Hall–Kier alpha value is -2.25. The summed E-state index contributed by atoms with van der Waals surface area (Å²) < 4.78 is 0.768. The first kappa shape index (κ1) is 18.1. The molecule has 140 valence electrons. The SMILES string of the molecule is Cc1ccc(CNC(=O)[C@@H]2CCCN(c3nc4ccsc4c(=O)s3)C2)cc1.